The molecule has 0 aliphatic heterocycles. The molecule has 0 aromatic heterocycles. The maximum absolute atomic E-state index is 11.2. The van der Waals surface area contributed by atoms with E-state index in [4.69, 9.17) is 5.73 Å². The second-order valence-corrected chi connectivity index (χ2v) is 2.72. The summed E-state index contributed by atoms with van der Waals surface area (Å²) in [4.78, 5) is 33.1. The SMILES string of the molecule is CCOC(=O)CC(C(N)=O)C(=O)OCC. The third-order valence-electron chi connectivity index (χ3n) is 1.59. The summed E-state index contributed by atoms with van der Waals surface area (Å²) < 4.78 is 9.19. The highest BCUT2D eigenvalue weighted by atomic mass is 16.5. The largest absolute Gasteiger partial charge is 0.466 e. The van der Waals surface area contributed by atoms with E-state index in [9.17, 15) is 14.4 Å². The van der Waals surface area contributed by atoms with Crippen molar-refractivity contribution in [3.05, 3.63) is 0 Å². The number of esters is 2. The highest BCUT2D eigenvalue weighted by molar-refractivity contribution is 5.99. The van der Waals surface area contributed by atoms with Gasteiger partial charge in [0.25, 0.3) is 0 Å². The van der Waals surface area contributed by atoms with Gasteiger partial charge in [-0.15, -0.1) is 0 Å². The summed E-state index contributed by atoms with van der Waals surface area (Å²) in [6.07, 6.45) is -0.373. The normalized spacial score (nSPS) is 11.6. The minimum Gasteiger partial charge on any atom is -0.466 e. The Morgan fingerprint density at radius 3 is 2.07 bits per heavy atom. The van der Waals surface area contributed by atoms with Crippen LogP contribution in [0.2, 0.25) is 0 Å². The lowest BCUT2D eigenvalue weighted by Crippen LogP contribution is -2.34. The van der Waals surface area contributed by atoms with Crippen molar-refractivity contribution in [3.63, 3.8) is 0 Å². The molecule has 0 saturated heterocycles. The van der Waals surface area contributed by atoms with Crippen LogP contribution in [0.3, 0.4) is 0 Å². The molecule has 6 nitrogen and oxygen atoms in total. The van der Waals surface area contributed by atoms with Crippen molar-refractivity contribution in [1.29, 1.82) is 0 Å². The van der Waals surface area contributed by atoms with Gasteiger partial charge in [-0.2, -0.15) is 0 Å². The van der Waals surface area contributed by atoms with Gasteiger partial charge in [0.1, 0.15) is 5.92 Å². The lowest BCUT2D eigenvalue weighted by Gasteiger charge is -2.10. The molecule has 0 saturated carbocycles. The second kappa shape index (κ2) is 6.80. The van der Waals surface area contributed by atoms with E-state index < -0.39 is 23.8 Å². The average molecular weight is 217 g/mol. The summed E-state index contributed by atoms with van der Waals surface area (Å²) in [5.41, 5.74) is 4.96. The van der Waals surface area contributed by atoms with Crippen LogP contribution in [0.4, 0.5) is 0 Å². The lowest BCUT2D eigenvalue weighted by atomic mass is 10.1. The van der Waals surface area contributed by atoms with Gasteiger partial charge in [-0.1, -0.05) is 0 Å². The highest BCUT2D eigenvalue weighted by Gasteiger charge is 2.29. The Hall–Kier alpha value is -1.59. The van der Waals surface area contributed by atoms with Crippen LogP contribution >= 0.6 is 0 Å². The van der Waals surface area contributed by atoms with Crippen LogP contribution in [0, 0.1) is 5.92 Å². The Balaban J connectivity index is 4.34. The summed E-state index contributed by atoms with van der Waals surface area (Å²) >= 11 is 0. The van der Waals surface area contributed by atoms with Crippen molar-refractivity contribution in [2.45, 2.75) is 20.3 Å². The van der Waals surface area contributed by atoms with Crippen LogP contribution in [0.15, 0.2) is 0 Å². The molecule has 0 heterocycles. The molecular weight excluding hydrogens is 202 g/mol. The van der Waals surface area contributed by atoms with Crippen molar-refractivity contribution in [1.82, 2.24) is 0 Å². The summed E-state index contributed by atoms with van der Waals surface area (Å²) in [5.74, 6) is -3.59. The van der Waals surface area contributed by atoms with Gasteiger partial charge in [-0.05, 0) is 13.8 Å². The van der Waals surface area contributed by atoms with Crippen LogP contribution in [0.5, 0.6) is 0 Å². The third kappa shape index (κ3) is 4.99. The number of primary amides is 1. The maximum Gasteiger partial charge on any atom is 0.319 e. The fraction of sp³-hybridized carbons (Fsp3) is 0.667. The number of amides is 1. The monoisotopic (exact) mass is 217 g/mol. The summed E-state index contributed by atoms with van der Waals surface area (Å²) in [7, 11) is 0. The smallest absolute Gasteiger partial charge is 0.319 e. The summed E-state index contributed by atoms with van der Waals surface area (Å²) in [6.45, 7) is 3.54. The molecule has 2 N–H and O–H groups in total. The number of nitrogens with two attached hydrogens (primary N) is 1. The topological polar surface area (TPSA) is 95.7 Å². The van der Waals surface area contributed by atoms with E-state index in [1.54, 1.807) is 13.8 Å². The van der Waals surface area contributed by atoms with Crippen LogP contribution in [0.25, 0.3) is 0 Å². The molecule has 0 fully saturated rings. The molecule has 0 aliphatic carbocycles. The zero-order valence-corrected chi connectivity index (χ0v) is 8.82. The Morgan fingerprint density at radius 1 is 1.13 bits per heavy atom. The first kappa shape index (κ1) is 13.4. The van der Waals surface area contributed by atoms with Gasteiger partial charge in [-0.25, -0.2) is 0 Å². The molecular formula is C9H15NO5. The van der Waals surface area contributed by atoms with E-state index in [1.165, 1.54) is 0 Å². The number of carbonyl (C=O) groups excluding carboxylic acids is 3. The first-order valence-electron chi connectivity index (χ1n) is 4.64. The minimum atomic E-state index is -1.26. The molecule has 0 bridgehead atoms. The molecule has 0 aromatic carbocycles. The van der Waals surface area contributed by atoms with Crippen LogP contribution in [-0.2, 0) is 23.9 Å². The zero-order valence-electron chi connectivity index (χ0n) is 8.82. The van der Waals surface area contributed by atoms with Crippen molar-refractivity contribution in [3.8, 4) is 0 Å². The molecule has 1 atom stereocenters. The molecule has 1 amide bonds. The highest BCUT2D eigenvalue weighted by Crippen LogP contribution is 2.06. The number of hydrogen-bond donors (Lipinski definition) is 1. The van der Waals surface area contributed by atoms with E-state index >= 15 is 0 Å². The molecule has 0 aromatic rings. The van der Waals surface area contributed by atoms with E-state index in [0.29, 0.717) is 0 Å². The molecule has 0 spiro atoms. The predicted molar refractivity (Wildman–Crippen MR) is 50.6 cm³/mol. The maximum atomic E-state index is 11.2. The Labute approximate surface area is 87.7 Å². The standard InChI is InChI=1S/C9H15NO5/c1-3-14-7(11)5-6(8(10)12)9(13)15-4-2/h6H,3-5H2,1-2H3,(H2,10,12). The van der Waals surface area contributed by atoms with Crippen LogP contribution in [0.1, 0.15) is 20.3 Å². The molecule has 6 heteroatoms. The van der Waals surface area contributed by atoms with Crippen LogP contribution in [-0.4, -0.2) is 31.1 Å². The summed E-state index contributed by atoms with van der Waals surface area (Å²) in [6, 6.07) is 0. The first-order chi connectivity index (χ1) is 7.02. The predicted octanol–water partition coefficient (Wildman–Crippen LogP) is -0.396. The van der Waals surface area contributed by atoms with Gasteiger partial charge in [0.15, 0.2) is 0 Å². The molecule has 0 rings (SSSR count). The van der Waals surface area contributed by atoms with Gasteiger partial charge in [0.05, 0.1) is 19.6 Å². The Morgan fingerprint density at radius 2 is 1.67 bits per heavy atom. The average Bonchev–Trinajstić information content (AvgIpc) is 2.14. The van der Waals surface area contributed by atoms with Crippen molar-refractivity contribution in [2.75, 3.05) is 13.2 Å². The van der Waals surface area contributed by atoms with E-state index in [2.05, 4.69) is 9.47 Å². The quantitative estimate of drug-likeness (QED) is 0.482. The van der Waals surface area contributed by atoms with Crippen molar-refractivity contribution < 1.29 is 23.9 Å². The van der Waals surface area contributed by atoms with Crippen LogP contribution < -0.4 is 5.73 Å². The number of rotatable bonds is 6. The lowest BCUT2D eigenvalue weighted by molar-refractivity contribution is -0.157. The second-order valence-electron chi connectivity index (χ2n) is 2.72. The number of ether oxygens (including phenoxy) is 2. The number of carbonyl (C=O) groups is 3. The Kier molecular flexibility index (Phi) is 6.08. The molecule has 0 radical (unpaired) electrons. The fourth-order valence-corrected chi connectivity index (χ4v) is 0.930. The van der Waals surface area contributed by atoms with Crippen molar-refractivity contribution >= 4 is 17.8 Å². The molecule has 15 heavy (non-hydrogen) atoms. The zero-order chi connectivity index (χ0) is 11.8. The third-order valence-corrected chi connectivity index (χ3v) is 1.59. The van der Waals surface area contributed by atoms with Gasteiger partial charge in [0.2, 0.25) is 5.91 Å². The van der Waals surface area contributed by atoms with Crippen molar-refractivity contribution in [2.24, 2.45) is 11.7 Å². The molecule has 1 unspecified atom stereocenters. The first-order valence-corrected chi connectivity index (χ1v) is 4.64. The Bertz CT molecular complexity index is 251. The summed E-state index contributed by atoms with van der Waals surface area (Å²) in [5, 5.41) is 0. The molecule has 0 aliphatic rings. The van der Waals surface area contributed by atoms with Gasteiger partial charge in [-0.3, -0.25) is 14.4 Å². The van der Waals surface area contributed by atoms with E-state index in [-0.39, 0.29) is 19.6 Å². The van der Waals surface area contributed by atoms with Gasteiger partial charge in [0, 0.05) is 0 Å². The number of hydrogen-bond acceptors (Lipinski definition) is 5. The van der Waals surface area contributed by atoms with Gasteiger partial charge >= 0.3 is 11.9 Å². The van der Waals surface area contributed by atoms with E-state index in [1.807, 2.05) is 0 Å². The minimum absolute atomic E-state index is 0.130. The van der Waals surface area contributed by atoms with E-state index in [0.717, 1.165) is 0 Å². The molecule has 86 valence electrons. The fourth-order valence-electron chi connectivity index (χ4n) is 0.930. The van der Waals surface area contributed by atoms with Gasteiger partial charge < -0.3 is 15.2 Å².